The molecule has 0 radical (unpaired) electrons. The Morgan fingerprint density at radius 2 is 1.87 bits per heavy atom. The number of nitrogens with zero attached hydrogens (tertiary/aromatic N) is 3. The highest BCUT2D eigenvalue weighted by atomic mass is 32.2. The van der Waals surface area contributed by atoms with Crippen molar-refractivity contribution in [1.82, 2.24) is 9.99 Å². The molecule has 1 aliphatic rings. The minimum absolute atomic E-state index is 0.135. The van der Waals surface area contributed by atoms with Crippen LogP contribution in [0.2, 0.25) is 0 Å². The van der Waals surface area contributed by atoms with Crippen molar-refractivity contribution >= 4 is 28.5 Å². The van der Waals surface area contributed by atoms with Gasteiger partial charge < -0.3 is 15.2 Å². The van der Waals surface area contributed by atoms with Crippen LogP contribution in [0.5, 0.6) is 11.5 Å². The molecular weight excluding hydrogens is 521 g/mol. The average molecular weight is 545 g/mol. The maximum absolute atomic E-state index is 12.9. The second-order valence-corrected chi connectivity index (χ2v) is 9.32. The van der Waals surface area contributed by atoms with Crippen LogP contribution < -0.4 is 15.2 Å². The Hall–Kier alpha value is -3.90. The summed E-state index contributed by atoms with van der Waals surface area (Å²) >= 11 is 1.02. The van der Waals surface area contributed by atoms with Crippen molar-refractivity contribution in [2.75, 3.05) is 7.11 Å². The molecule has 0 spiro atoms. The molecule has 0 bridgehead atoms. The number of aromatic nitrogens is 1. The van der Waals surface area contributed by atoms with E-state index in [9.17, 15) is 22.8 Å². The third kappa shape index (κ3) is 5.97. The number of ether oxygens (including phenoxy) is 2. The van der Waals surface area contributed by atoms with Gasteiger partial charge in [-0.3, -0.25) is 14.6 Å². The van der Waals surface area contributed by atoms with Crippen LogP contribution in [-0.4, -0.2) is 45.4 Å². The molecule has 1 amide bonds. The number of methoxy groups -OCH3 is 1. The van der Waals surface area contributed by atoms with E-state index in [1.165, 1.54) is 25.4 Å². The van der Waals surface area contributed by atoms with E-state index in [4.69, 9.17) is 10.5 Å². The van der Waals surface area contributed by atoms with Crippen molar-refractivity contribution in [3.05, 3.63) is 89.2 Å². The van der Waals surface area contributed by atoms with Crippen LogP contribution in [0, 0.1) is 0 Å². The average Bonchev–Trinajstić information content (AvgIpc) is 2.92. The second-order valence-electron chi connectivity index (χ2n) is 8.16. The maximum Gasteiger partial charge on any atom is 0.573 e. The Kier molecular flexibility index (Phi) is 8.02. The summed E-state index contributed by atoms with van der Waals surface area (Å²) in [4.78, 5) is 29.5. The van der Waals surface area contributed by atoms with Gasteiger partial charge in [-0.15, -0.1) is 13.2 Å². The van der Waals surface area contributed by atoms with Gasteiger partial charge in [0.15, 0.2) is 17.3 Å². The molecule has 0 saturated carbocycles. The highest BCUT2D eigenvalue weighted by Gasteiger charge is 2.35. The molecule has 4 rings (SSSR count). The summed E-state index contributed by atoms with van der Waals surface area (Å²) in [6.07, 6.45) is -2.27. The first-order valence-electron chi connectivity index (χ1n) is 11.4. The van der Waals surface area contributed by atoms with E-state index in [0.29, 0.717) is 34.4 Å². The van der Waals surface area contributed by atoms with Gasteiger partial charge in [0, 0.05) is 29.1 Å². The predicted octanol–water partition coefficient (Wildman–Crippen LogP) is 5.53. The van der Waals surface area contributed by atoms with E-state index >= 15 is 0 Å². The third-order valence-electron chi connectivity index (χ3n) is 5.71. The molecule has 0 fully saturated rings. The number of hydrogen-bond acceptors (Lipinski definition) is 8. The molecule has 2 atom stereocenters. The van der Waals surface area contributed by atoms with Crippen LogP contribution in [0.1, 0.15) is 46.6 Å². The first-order chi connectivity index (χ1) is 18.1. The van der Waals surface area contributed by atoms with E-state index in [1.807, 2.05) is 6.92 Å². The lowest BCUT2D eigenvalue weighted by atomic mass is 10.0. The standard InChI is InChI=1S/C26H23F3N4O4S/c1-3-21-22(17-10-11-19(20(13-17)36-2)37-26(27,28)29)32-33(25(35)38-21)24(30)16-8-6-15(7-9-16)23(34)18-5-4-12-31-14-18/h4-14,21,24H,3,30H2,1-2H3. The van der Waals surface area contributed by atoms with Crippen LogP contribution >= 0.6 is 11.8 Å². The number of carbonyl (C=O) groups is 2. The van der Waals surface area contributed by atoms with Crippen molar-refractivity contribution in [2.45, 2.75) is 31.1 Å². The fourth-order valence-corrected chi connectivity index (χ4v) is 4.79. The Morgan fingerprint density at radius 3 is 2.47 bits per heavy atom. The first kappa shape index (κ1) is 27.1. The molecule has 2 unspecified atom stereocenters. The lowest BCUT2D eigenvalue weighted by Gasteiger charge is -2.32. The van der Waals surface area contributed by atoms with Gasteiger partial charge >= 0.3 is 11.6 Å². The number of amides is 1. The minimum atomic E-state index is -4.88. The number of halogens is 3. The molecule has 12 heteroatoms. The molecule has 38 heavy (non-hydrogen) atoms. The number of benzene rings is 2. The van der Waals surface area contributed by atoms with Gasteiger partial charge in [0.2, 0.25) is 0 Å². The number of hydrogen-bond donors (Lipinski definition) is 1. The van der Waals surface area contributed by atoms with Crippen molar-refractivity contribution in [3.8, 4) is 11.5 Å². The summed E-state index contributed by atoms with van der Waals surface area (Å²) in [6.45, 7) is 1.87. The molecule has 1 aromatic heterocycles. The number of ketones is 1. The lowest BCUT2D eigenvalue weighted by molar-refractivity contribution is -0.275. The van der Waals surface area contributed by atoms with Crippen LogP contribution in [0.4, 0.5) is 18.0 Å². The molecule has 2 N–H and O–H groups in total. The molecule has 0 saturated heterocycles. The minimum Gasteiger partial charge on any atom is -0.493 e. The van der Waals surface area contributed by atoms with Crippen molar-refractivity contribution < 1.29 is 32.2 Å². The smallest absolute Gasteiger partial charge is 0.493 e. The number of pyridine rings is 1. The van der Waals surface area contributed by atoms with Crippen LogP contribution in [0.15, 0.2) is 72.1 Å². The highest BCUT2D eigenvalue weighted by Crippen LogP contribution is 2.37. The summed E-state index contributed by atoms with van der Waals surface area (Å²) in [5.41, 5.74) is 8.70. The molecule has 8 nitrogen and oxygen atoms in total. The zero-order valence-corrected chi connectivity index (χ0v) is 21.1. The number of carbonyl (C=O) groups excluding carboxylic acids is 2. The van der Waals surface area contributed by atoms with E-state index in [2.05, 4.69) is 14.8 Å². The van der Waals surface area contributed by atoms with Crippen LogP contribution in [-0.2, 0) is 0 Å². The Labute approximate surface area is 220 Å². The summed E-state index contributed by atoms with van der Waals surface area (Å²) in [7, 11) is 1.23. The molecule has 2 aromatic carbocycles. The number of nitrogens with two attached hydrogens (primary N) is 1. The number of alkyl halides is 3. The summed E-state index contributed by atoms with van der Waals surface area (Å²) in [5.74, 6) is -0.837. The Morgan fingerprint density at radius 1 is 1.13 bits per heavy atom. The molecule has 3 aromatic rings. The third-order valence-corrected chi connectivity index (χ3v) is 6.94. The molecule has 198 valence electrons. The van der Waals surface area contributed by atoms with Crippen LogP contribution in [0.3, 0.4) is 0 Å². The number of hydrazone groups is 1. The Balaban J connectivity index is 1.62. The van der Waals surface area contributed by atoms with Gasteiger partial charge in [-0.2, -0.15) is 5.10 Å². The molecule has 1 aliphatic heterocycles. The van der Waals surface area contributed by atoms with Gasteiger partial charge in [0.1, 0.15) is 6.17 Å². The summed E-state index contributed by atoms with van der Waals surface area (Å²) in [6, 6.07) is 13.8. The first-order valence-corrected chi connectivity index (χ1v) is 12.3. The van der Waals surface area contributed by atoms with Crippen molar-refractivity contribution in [3.63, 3.8) is 0 Å². The molecule has 0 aliphatic carbocycles. The van der Waals surface area contributed by atoms with Crippen molar-refractivity contribution in [2.24, 2.45) is 10.8 Å². The number of rotatable bonds is 8. The van der Waals surface area contributed by atoms with Gasteiger partial charge in [-0.1, -0.05) is 43.0 Å². The lowest BCUT2D eigenvalue weighted by Crippen LogP contribution is -2.40. The fourth-order valence-electron chi connectivity index (χ4n) is 3.82. The van der Waals surface area contributed by atoms with E-state index in [-0.39, 0.29) is 22.0 Å². The quantitative estimate of drug-likeness (QED) is 0.372. The van der Waals surface area contributed by atoms with Gasteiger partial charge in [-0.25, -0.2) is 5.01 Å². The number of thioether (sulfide) groups is 1. The predicted molar refractivity (Wildman–Crippen MR) is 136 cm³/mol. The highest BCUT2D eigenvalue weighted by molar-refractivity contribution is 8.14. The molecular formula is C26H23F3N4O4S. The summed E-state index contributed by atoms with van der Waals surface area (Å²) < 4.78 is 47.4. The van der Waals surface area contributed by atoms with Crippen molar-refractivity contribution in [1.29, 1.82) is 0 Å². The zero-order valence-electron chi connectivity index (χ0n) is 20.3. The maximum atomic E-state index is 12.9. The largest absolute Gasteiger partial charge is 0.573 e. The zero-order chi connectivity index (χ0) is 27.4. The van der Waals surface area contributed by atoms with Crippen LogP contribution in [0.25, 0.3) is 0 Å². The van der Waals surface area contributed by atoms with E-state index < -0.39 is 18.3 Å². The van der Waals surface area contributed by atoms with E-state index in [0.717, 1.165) is 22.8 Å². The summed E-state index contributed by atoms with van der Waals surface area (Å²) in [5, 5.41) is 4.89. The van der Waals surface area contributed by atoms with Gasteiger partial charge in [-0.05, 0) is 42.3 Å². The second kappa shape index (κ2) is 11.2. The Bertz CT molecular complexity index is 1350. The fraction of sp³-hybridized carbons (Fsp3) is 0.231. The molecule has 2 heterocycles. The van der Waals surface area contributed by atoms with Gasteiger partial charge in [0.25, 0.3) is 0 Å². The normalized spacial score (nSPS) is 16.6. The monoisotopic (exact) mass is 544 g/mol. The SMILES string of the molecule is CCC1SC(=O)N(C(N)c2ccc(C(=O)c3cccnc3)cc2)N=C1c1ccc(OC(F)(F)F)c(OC)c1. The van der Waals surface area contributed by atoms with Gasteiger partial charge in [0.05, 0.1) is 18.1 Å². The topological polar surface area (TPSA) is 107 Å². The van der Waals surface area contributed by atoms with E-state index in [1.54, 1.807) is 42.6 Å².